The Balaban J connectivity index is 1.26. The van der Waals surface area contributed by atoms with Crippen molar-refractivity contribution in [2.24, 2.45) is 0 Å². The van der Waals surface area contributed by atoms with E-state index in [2.05, 4.69) is 17.4 Å². The summed E-state index contributed by atoms with van der Waals surface area (Å²) in [6.07, 6.45) is 0. The monoisotopic (exact) mass is 415 g/mol. The highest BCUT2D eigenvalue weighted by atomic mass is 35.5. The molecule has 4 aromatic carbocycles. The van der Waals surface area contributed by atoms with E-state index < -0.39 is 0 Å². The number of ether oxygens (including phenoxy) is 2. The van der Waals surface area contributed by atoms with Crippen LogP contribution in [0, 0.1) is 0 Å². The van der Waals surface area contributed by atoms with Crippen LogP contribution in [-0.2, 0) is 13.2 Å². The highest BCUT2D eigenvalue weighted by Crippen LogP contribution is 2.23. The van der Waals surface area contributed by atoms with Crippen LogP contribution in [0.2, 0.25) is 5.02 Å². The van der Waals surface area contributed by atoms with Gasteiger partial charge in [-0.3, -0.25) is 0 Å². The molecule has 0 amide bonds. The summed E-state index contributed by atoms with van der Waals surface area (Å²) in [4.78, 5) is 0. The lowest BCUT2D eigenvalue weighted by Crippen LogP contribution is -2.00. The van der Waals surface area contributed by atoms with Gasteiger partial charge in [0.25, 0.3) is 0 Å². The first-order chi connectivity index (χ1) is 14.7. The first-order valence-electron chi connectivity index (χ1n) is 9.78. The molecule has 0 aliphatic rings. The van der Waals surface area contributed by atoms with Crippen LogP contribution in [0.1, 0.15) is 11.1 Å². The lowest BCUT2D eigenvalue weighted by molar-refractivity contribution is 0.306. The SMILES string of the molecule is Clc1ccc(COc2ccc(CNc3ccc(Oc4ccccc4)cc3)cc2)cc1. The zero-order valence-electron chi connectivity index (χ0n) is 16.4. The highest BCUT2D eigenvalue weighted by Gasteiger charge is 2.00. The molecule has 0 bridgehead atoms. The summed E-state index contributed by atoms with van der Waals surface area (Å²) < 4.78 is 11.7. The van der Waals surface area contributed by atoms with E-state index in [-0.39, 0.29) is 0 Å². The van der Waals surface area contributed by atoms with Gasteiger partial charge in [0.05, 0.1) is 0 Å². The van der Waals surface area contributed by atoms with Crippen LogP contribution in [-0.4, -0.2) is 0 Å². The van der Waals surface area contributed by atoms with Gasteiger partial charge in [-0.1, -0.05) is 54.1 Å². The van der Waals surface area contributed by atoms with Gasteiger partial charge in [0.2, 0.25) is 0 Å². The predicted octanol–water partition coefficient (Wildman–Crippen LogP) is 7.32. The van der Waals surface area contributed by atoms with Crippen LogP contribution in [0.3, 0.4) is 0 Å². The molecule has 0 unspecified atom stereocenters. The van der Waals surface area contributed by atoms with Crippen LogP contribution in [0.25, 0.3) is 0 Å². The average Bonchev–Trinajstić information content (AvgIpc) is 2.80. The van der Waals surface area contributed by atoms with E-state index in [1.54, 1.807) is 0 Å². The fourth-order valence-corrected chi connectivity index (χ4v) is 3.05. The van der Waals surface area contributed by atoms with Crippen molar-refractivity contribution in [1.29, 1.82) is 0 Å². The lowest BCUT2D eigenvalue weighted by Gasteiger charge is -2.10. The number of benzene rings is 4. The summed E-state index contributed by atoms with van der Waals surface area (Å²) in [5.74, 6) is 2.49. The van der Waals surface area contributed by atoms with Crippen LogP contribution in [0.5, 0.6) is 17.2 Å². The fraction of sp³-hybridized carbons (Fsp3) is 0.0769. The van der Waals surface area contributed by atoms with E-state index in [1.165, 1.54) is 5.56 Å². The van der Waals surface area contributed by atoms with Gasteiger partial charge in [-0.05, 0) is 71.8 Å². The molecule has 4 heteroatoms. The number of nitrogens with one attached hydrogen (secondary N) is 1. The van der Waals surface area contributed by atoms with Gasteiger partial charge in [-0.15, -0.1) is 0 Å². The molecule has 0 fully saturated rings. The van der Waals surface area contributed by atoms with E-state index in [4.69, 9.17) is 21.1 Å². The fourth-order valence-electron chi connectivity index (χ4n) is 2.92. The number of rotatable bonds is 8. The molecule has 4 rings (SSSR count). The Labute approximate surface area is 181 Å². The molecule has 0 spiro atoms. The third kappa shape index (κ3) is 5.79. The second-order valence-electron chi connectivity index (χ2n) is 6.85. The van der Waals surface area contributed by atoms with Gasteiger partial charge >= 0.3 is 0 Å². The molecule has 0 heterocycles. The molecule has 1 N–H and O–H groups in total. The van der Waals surface area contributed by atoms with Crippen molar-refractivity contribution in [2.75, 3.05) is 5.32 Å². The van der Waals surface area contributed by atoms with Crippen molar-refractivity contribution in [3.8, 4) is 17.2 Å². The second-order valence-corrected chi connectivity index (χ2v) is 7.29. The zero-order valence-corrected chi connectivity index (χ0v) is 17.2. The minimum Gasteiger partial charge on any atom is -0.489 e. The Morgan fingerprint density at radius 2 is 1.20 bits per heavy atom. The van der Waals surface area contributed by atoms with Crippen LogP contribution in [0.15, 0.2) is 103 Å². The average molecular weight is 416 g/mol. The zero-order chi connectivity index (χ0) is 20.6. The molecule has 150 valence electrons. The summed E-state index contributed by atoms with van der Waals surface area (Å²) in [6, 6.07) is 33.5. The molecule has 0 saturated heterocycles. The number of halogens is 1. The number of hydrogen-bond acceptors (Lipinski definition) is 3. The maximum absolute atomic E-state index is 5.91. The van der Waals surface area contributed by atoms with E-state index in [1.807, 2.05) is 91.0 Å². The Morgan fingerprint density at radius 3 is 1.90 bits per heavy atom. The van der Waals surface area contributed by atoms with E-state index >= 15 is 0 Å². The molecule has 0 aliphatic carbocycles. The molecule has 0 atom stereocenters. The van der Waals surface area contributed by atoms with Crippen molar-refractivity contribution < 1.29 is 9.47 Å². The van der Waals surface area contributed by atoms with Crippen molar-refractivity contribution in [1.82, 2.24) is 0 Å². The molecule has 30 heavy (non-hydrogen) atoms. The van der Waals surface area contributed by atoms with Gasteiger partial charge < -0.3 is 14.8 Å². The van der Waals surface area contributed by atoms with Gasteiger partial charge in [-0.2, -0.15) is 0 Å². The summed E-state index contributed by atoms with van der Waals surface area (Å²) in [5, 5.41) is 4.16. The Bertz CT molecular complexity index is 1050. The first-order valence-corrected chi connectivity index (χ1v) is 10.2. The molecule has 4 aromatic rings. The molecule has 0 saturated carbocycles. The molecule has 0 radical (unpaired) electrons. The summed E-state index contributed by atoms with van der Waals surface area (Å²) >= 11 is 5.91. The van der Waals surface area contributed by atoms with Gasteiger partial charge in [0, 0.05) is 17.3 Å². The highest BCUT2D eigenvalue weighted by molar-refractivity contribution is 6.30. The maximum atomic E-state index is 5.91. The smallest absolute Gasteiger partial charge is 0.127 e. The van der Waals surface area contributed by atoms with E-state index in [0.717, 1.165) is 40.1 Å². The van der Waals surface area contributed by atoms with E-state index in [0.29, 0.717) is 6.61 Å². The molecular formula is C26H22ClNO2. The molecular weight excluding hydrogens is 394 g/mol. The molecule has 3 nitrogen and oxygen atoms in total. The van der Waals surface area contributed by atoms with Crippen molar-refractivity contribution in [2.45, 2.75) is 13.2 Å². The minimum absolute atomic E-state index is 0.520. The van der Waals surface area contributed by atoms with Crippen LogP contribution < -0.4 is 14.8 Å². The van der Waals surface area contributed by atoms with Crippen molar-refractivity contribution in [3.63, 3.8) is 0 Å². The maximum Gasteiger partial charge on any atom is 0.127 e. The summed E-state index contributed by atoms with van der Waals surface area (Å²) in [6.45, 7) is 1.25. The Morgan fingerprint density at radius 1 is 0.600 bits per heavy atom. The quantitative estimate of drug-likeness (QED) is 0.327. The summed E-state index contributed by atoms with van der Waals surface area (Å²) in [7, 11) is 0. The van der Waals surface area contributed by atoms with E-state index in [9.17, 15) is 0 Å². The van der Waals surface area contributed by atoms with Crippen LogP contribution >= 0.6 is 11.6 Å². The van der Waals surface area contributed by atoms with Crippen molar-refractivity contribution >= 4 is 17.3 Å². The third-order valence-corrected chi connectivity index (χ3v) is 4.82. The van der Waals surface area contributed by atoms with Gasteiger partial charge in [0.15, 0.2) is 0 Å². The Hall–Kier alpha value is -3.43. The number of hydrogen-bond donors (Lipinski definition) is 1. The first kappa shape index (κ1) is 19.9. The lowest BCUT2D eigenvalue weighted by atomic mass is 10.2. The normalized spacial score (nSPS) is 10.4. The van der Waals surface area contributed by atoms with Crippen LogP contribution in [0.4, 0.5) is 5.69 Å². The topological polar surface area (TPSA) is 30.5 Å². The summed E-state index contributed by atoms with van der Waals surface area (Å²) in [5.41, 5.74) is 3.31. The molecule has 0 aromatic heterocycles. The minimum atomic E-state index is 0.520. The largest absolute Gasteiger partial charge is 0.489 e. The second kappa shape index (κ2) is 9.86. The third-order valence-electron chi connectivity index (χ3n) is 4.57. The Kier molecular flexibility index (Phi) is 6.53. The number of para-hydroxylation sites is 1. The standard InChI is InChI=1S/C26H22ClNO2/c27-22-10-6-21(7-11-22)19-29-24-14-8-20(9-15-24)18-28-23-12-16-26(17-13-23)30-25-4-2-1-3-5-25/h1-17,28H,18-19H2. The molecule has 0 aliphatic heterocycles. The van der Waals surface area contributed by atoms with Crippen molar-refractivity contribution in [3.05, 3.63) is 119 Å². The van der Waals surface area contributed by atoms with Gasteiger partial charge in [-0.25, -0.2) is 0 Å². The number of anilines is 1. The van der Waals surface area contributed by atoms with Gasteiger partial charge in [0.1, 0.15) is 23.9 Å². The predicted molar refractivity (Wildman–Crippen MR) is 123 cm³/mol.